The Morgan fingerprint density at radius 2 is 1.07 bits per heavy atom. The largest absolute Gasteiger partial charge is 0.493 e. The standard InChI is InChI=1S/C34H38NO4P/c1-37-31-25-27(26-32(38-2)33(31)39-3)34(36)35-23-15-4-5-16-24-40(28-17-9-6-10-18-28,29-19-11-7-12-20-29)30-21-13-8-14-22-30/h6-14,17-22,25-26H,4-5,15-16,23-24H2,1-3H3/p+1. The Hall–Kier alpha value is -3.82. The highest BCUT2D eigenvalue weighted by Gasteiger charge is 2.44. The highest BCUT2D eigenvalue weighted by atomic mass is 31.2. The maximum atomic E-state index is 12.8. The molecular weight excluding hydrogens is 517 g/mol. The smallest absolute Gasteiger partial charge is 0.251 e. The van der Waals surface area contributed by atoms with E-state index in [4.69, 9.17) is 14.2 Å². The molecule has 1 amide bonds. The van der Waals surface area contributed by atoms with E-state index >= 15 is 0 Å². The maximum Gasteiger partial charge on any atom is 0.251 e. The molecule has 0 saturated carbocycles. The Balaban J connectivity index is 1.38. The van der Waals surface area contributed by atoms with Gasteiger partial charge in [0.1, 0.15) is 23.2 Å². The minimum Gasteiger partial charge on any atom is -0.493 e. The third kappa shape index (κ3) is 6.66. The monoisotopic (exact) mass is 556 g/mol. The van der Waals surface area contributed by atoms with Crippen molar-refractivity contribution in [3.8, 4) is 17.2 Å². The van der Waals surface area contributed by atoms with E-state index in [-0.39, 0.29) is 5.91 Å². The number of nitrogens with one attached hydrogen (secondary N) is 1. The van der Waals surface area contributed by atoms with Gasteiger partial charge in [0, 0.05) is 12.1 Å². The zero-order valence-electron chi connectivity index (χ0n) is 23.6. The molecule has 0 aliphatic carbocycles. The van der Waals surface area contributed by atoms with Crippen LogP contribution in [0, 0.1) is 0 Å². The van der Waals surface area contributed by atoms with Crippen LogP contribution in [-0.2, 0) is 0 Å². The van der Waals surface area contributed by atoms with Crippen LogP contribution in [0.5, 0.6) is 17.2 Å². The average molecular weight is 557 g/mol. The van der Waals surface area contributed by atoms with Crippen LogP contribution in [0.3, 0.4) is 0 Å². The van der Waals surface area contributed by atoms with E-state index < -0.39 is 7.26 Å². The Labute approximate surface area is 238 Å². The second-order valence-corrected chi connectivity index (χ2v) is 13.2. The number of hydrogen-bond acceptors (Lipinski definition) is 4. The summed E-state index contributed by atoms with van der Waals surface area (Å²) in [7, 11) is 2.85. The third-order valence-corrected chi connectivity index (χ3v) is 11.7. The summed E-state index contributed by atoms with van der Waals surface area (Å²) in [5, 5.41) is 7.30. The molecule has 0 unspecified atom stereocenters. The van der Waals surface area contributed by atoms with Gasteiger partial charge >= 0.3 is 0 Å². The van der Waals surface area contributed by atoms with Gasteiger partial charge in [-0.3, -0.25) is 4.79 Å². The summed E-state index contributed by atoms with van der Waals surface area (Å²) in [4.78, 5) is 12.8. The summed E-state index contributed by atoms with van der Waals surface area (Å²) in [6, 6.07) is 36.4. The molecule has 4 aromatic carbocycles. The SMILES string of the molecule is COc1cc(C(=O)NCCCCCC[P+](c2ccccc2)(c2ccccc2)c2ccccc2)cc(OC)c1OC. The fourth-order valence-electron chi connectivity index (χ4n) is 5.23. The van der Waals surface area contributed by atoms with E-state index in [9.17, 15) is 4.79 Å². The normalized spacial score (nSPS) is 11.1. The number of unbranched alkanes of at least 4 members (excludes halogenated alkanes) is 3. The predicted molar refractivity (Wildman–Crippen MR) is 167 cm³/mol. The van der Waals surface area contributed by atoms with Crippen LogP contribution in [-0.4, -0.2) is 39.9 Å². The lowest BCUT2D eigenvalue weighted by Crippen LogP contribution is -2.33. The molecule has 4 aromatic rings. The van der Waals surface area contributed by atoms with Gasteiger partial charge in [0.15, 0.2) is 11.5 Å². The molecule has 0 bridgehead atoms. The van der Waals surface area contributed by atoms with Gasteiger partial charge < -0.3 is 19.5 Å². The molecule has 0 spiro atoms. The van der Waals surface area contributed by atoms with Gasteiger partial charge in [-0.05, 0) is 67.8 Å². The molecule has 0 aromatic heterocycles. The number of hydrogen-bond donors (Lipinski definition) is 1. The molecule has 0 saturated heterocycles. The lowest BCUT2D eigenvalue weighted by atomic mass is 10.1. The van der Waals surface area contributed by atoms with Gasteiger partial charge in [0.2, 0.25) is 5.75 Å². The topological polar surface area (TPSA) is 56.8 Å². The second-order valence-electron chi connectivity index (χ2n) is 9.62. The first-order valence-electron chi connectivity index (χ1n) is 13.8. The molecule has 0 atom stereocenters. The summed E-state index contributed by atoms with van der Waals surface area (Å²) in [5.74, 6) is 1.26. The van der Waals surface area contributed by atoms with Gasteiger partial charge in [0.05, 0.1) is 27.5 Å². The molecule has 0 aliphatic heterocycles. The minimum absolute atomic E-state index is 0.151. The summed E-state index contributed by atoms with van der Waals surface area (Å²) in [5.41, 5.74) is 0.484. The zero-order chi connectivity index (χ0) is 28.2. The van der Waals surface area contributed by atoms with Crippen molar-refractivity contribution in [2.45, 2.75) is 25.7 Å². The van der Waals surface area contributed by atoms with Crippen molar-refractivity contribution in [3.05, 3.63) is 109 Å². The lowest BCUT2D eigenvalue weighted by Gasteiger charge is -2.27. The Morgan fingerprint density at radius 3 is 1.50 bits per heavy atom. The highest BCUT2D eigenvalue weighted by molar-refractivity contribution is 7.95. The Morgan fingerprint density at radius 1 is 0.625 bits per heavy atom. The van der Waals surface area contributed by atoms with E-state index in [1.807, 2.05) is 0 Å². The summed E-state index contributed by atoms with van der Waals surface area (Å²) >= 11 is 0. The summed E-state index contributed by atoms with van der Waals surface area (Å²) in [6.45, 7) is 0.617. The molecule has 6 heteroatoms. The third-order valence-electron chi connectivity index (χ3n) is 7.22. The van der Waals surface area contributed by atoms with Crippen LogP contribution in [0.15, 0.2) is 103 Å². The number of amides is 1. The molecule has 0 heterocycles. The van der Waals surface area contributed by atoms with Crippen molar-refractivity contribution in [2.75, 3.05) is 34.0 Å². The summed E-state index contributed by atoms with van der Waals surface area (Å²) < 4.78 is 16.1. The molecular formula is C34H39NO4P+. The first-order chi connectivity index (χ1) is 19.6. The molecule has 4 rings (SSSR count). The molecule has 0 fully saturated rings. The molecule has 0 aliphatic rings. The molecule has 40 heavy (non-hydrogen) atoms. The molecule has 5 nitrogen and oxygen atoms in total. The van der Waals surface area contributed by atoms with Gasteiger partial charge in [-0.25, -0.2) is 0 Å². The summed E-state index contributed by atoms with van der Waals surface area (Å²) in [6.07, 6.45) is 5.31. The van der Waals surface area contributed by atoms with Gasteiger partial charge in [0.25, 0.3) is 5.91 Å². The van der Waals surface area contributed by atoms with Crippen molar-refractivity contribution in [2.24, 2.45) is 0 Å². The van der Waals surface area contributed by atoms with Crippen molar-refractivity contribution in [1.29, 1.82) is 0 Å². The predicted octanol–water partition coefficient (Wildman–Crippen LogP) is 6.00. The first kappa shape index (κ1) is 29.2. The minimum atomic E-state index is -1.79. The number of carbonyl (C=O) groups is 1. The van der Waals surface area contributed by atoms with Gasteiger partial charge in [-0.15, -0.1) is 0 Å². The fraction of sp³-hybridized carbons (Fsp3) is 0.265. The van der Waals surface area contributed by atoms with E-state index in [1.54, 1.807) is 33.5 Å². The molecule has 1 N–H and O–H groups in total. The number of rotatable bonds is 14. The van der Waals surface area contributed by atoms with Crippen LogP contribution in [0.2, 0.25) is 0 Å². The maximum absolute atomic E-state index is 12.8. The second kappa shape index (κ2) is 14.5. The highest BCUT2D eigenvalue weighted by Crippen LogP contribution is 2.56. The van der Waals surface area contributed by atoms with Crippen LogP contribution in [0.4, 0.5) is 0 Å². The van der Waals surface area contributed by atoms with Gasteiger partial charge in [-0.1, -0.05) is 61.0 Å². The lowest BCUT2D eigenvalue weighted by molar-refractivity contribution is 0.0952. The quantitative estimate of drug-likeness (QED) is 0.153. The van der Waals surface area contributed by atoms with Crippen LogP contribution < -0.4 is 35.4 Å². The van der Waals surface area contributed by atoms with E-state index in [0.717, 1.165) is 31.8 Å². The van der Waals surface area contributed by atoms with Crippen molar-refractivity contribution < 1.29 is 19.0 Å². The first-order valence-corrected chi connectivity index (χ1v) is 15.7. The van der Waals surface area contributed by atoms with Crippen molar-refractivity contribution >= 4 is 29.1 Å². The Kier molecular flexibility index (Phi) is 10.6. The number of carbonyl (C=O) groups excluding carboxylic acids is 1. The van der Waals surface area contributed by atoms with Crippen LogP contribution in [0.1, 0.15) is 36.0 Å². The van der Waals surface area contributed by atoms with E-state index in [1.165, 1.54) is 15.9 Å². The fourth-order valence-corrected chi connectivity index (χ4v) is 9.64. The van der Waals surface area contributed by atoms with E-state index in [0.29, 0.717) is 29.4 Å². The molecule has 0 radical (unpaired) electrons. The zero-order valence-corrected chi connectivity index (χ0v) is 24.5. The van der Waals surface area contributed by atoms with Crippen molar-refractivity contribution in [1.82, 2.24) is 5.32 Å². The Bertz CT molecular complexity index is 1220. The number of benzene rings is 4. The van der Waals surface area contributed by atoms with Crippen molar-refractivity contribution in [3.63, 3.8) is 0 Å². The number of methoxy groups -OCH3 is 3. The van der Waals surface area contributed by atoms with Crippen LogP contribution >= 0.6 is 7.26 Å². The van der Waals surface area contributed by atoms with E-state index in [2.05, 4.69) is 96.3 Å². The van der Waals surface area contributed by atoms with Crippen LogP contribution in [0.25, 0.3) is 0 Å². The van der Waals surface area contributed by atoms with Gasteiger partial charge in [-0.2, -0.15) is 0 Å². The number of ether oxygens (including phenoxy) is 3. The molecule has 208 valence electrons. The average Bonchev–Trinajstić information content (AvgIpc) is 3.02.